The number of hydrogen-bond donors (Lipinski definition) is 1. The third kappa shape index (κ3) is 7.49. The lowest BCUT2D eigenvalue weighted by atomic mass is 10.1. The van der Waals surface area contributed by atoms with Gasteiger partial charge in [0.1, 0.15) is 12.6 Å². The Hall–Kier alpha value is -3.36. The first-order valence-electron chi connectivity index (χ1n) is 14.1. The molecule has 1 N–H and O–H groups in total. The zero-order valence-electron chi connectivity index (χ0n) is 23.8. The summed E-state index contributed by atoms with van der Waals surface area (Å²) in [4.78, 5) is 29.3. The van der Waals surface area contributed by atoms with Gasteiger partial charge in [-0.2, -0.15) is 0 Å². The maximum atomic E-state index is 14.2. The van der Waals surface area contributed by atoms with Crippen LogP contribution >= 0.6 is 11.6 Å². The number of halogens is 1. The second kappa shape index (κ2) is 13.5. The lowest BCUT2D eigenvalue weighted by molar-refractivity contribution is -0.140. The average molecular weight is 596 g/mol. The summed E-state index contributed by atoms with van der Waals surface area (Å²) in [5.74, 6) is -0.723. The van der Waals surface area contributed by atoms with Gasteiger partial charge < -0.3 is 10.2 Å². The predicted octanol–water partition coefficient (Wildman–Crippen LogP) is 6.02. The summed E-state index contributed by atoms with van der Waals surface area (Å²) < 4.78 is 29.1. The van der Waals surface area contributed by atoms with Crippen molar-refractivity contribution < 1.29 is 18.0 Å². The van der Waals surface area contributed by atoms with Crippen LogP contribution in [-0.2, 0) is 26.2 Å². The second-order valence-electron chi connectivity index (χ2n) is 10.7. The lowest BCUT2D eigenvalue weighted by Gasteiger charge is -2.34. The van der Waals surface area contributed by atoms with E-state index in [0.717, 1.165) is 41.1 Å². The van der Waals surface area contributed by atoms with E-state index in [1.54, 1.807) is 54.6 Å². The van der Waals surface area contributed by atoms with E-state index in [9.17, 15) is 18.0 Å². The lowest BCUT2D eigenvalue weighted by Crippen LogP contribution is -2.53. The molecule has 1 fully saturated rings. The van der Waals surface area contributed by atoms with Crippen molar-refractivity contribution in [2.24, 2.45) is 0 Å². The fraction of sp³-hybridized carbons (Fsp3) is 0.375. The number of nitrogens with zero attached hydrogens (tertiary/aromatic N) is 2. The topological polar surface area (TPSA) is 86.8 Å². The van der Waals surface area contributed by atoms with E-state index >= 15 is 0 Å². The molecule has 3 aromatic carbocycles. The minimum atomic E-state index is -4.11. The molecule has 0 radical (unpaired) electrons. The van der Waals surface area contributed by atoms with Gasteiger partial charge in [-0.3, -0.25) is 13.9 Å². The summed E-state index contributed by atoms with van der Waals surface area (Å²) in [5.41, 5.74) is 2.83. The third-order valence-corrected chi connectivity index (χ3v) is 9.72. The van der Waals surface area contributed by atoms with Gasteiger partial charge in [-0.15, -0.1) is 0 Å². The van der Waals surface area contributed by atoms with Crippen molar-refractivity contribution in [2.75, 3.05) is 10.8 Å². The molecule has 0 spiro atoms. The molecule has 0 aliphatic heterocycles. The van der Waals surface area contributed by atoms with Gasteiger partial charge in [0.05, 0.1) is 10.6 Å². The monoisotopic (exact) mass is 595 g/mol. The smallest absolute Gasteiger partial charge is 0.264 e. The van der Waals surface area contributed by atoms with E-state index < -0.39 is 28.5 Å². The number of carbonyl (C=O) groups excluding carboxylic acids is 2. The molecule has 218 valence electrons. The molecular formula is C32H38ClN3O4S. The van der Waals surface area contributed by atoms with E-state index in [4.69, 9.17) is 11.6 Å². The number of amides is 2. The third-order valence-electron chi connectivity index (χ3n) is 7.56. The molecule has 1 aliphatic rings. The first-order chi connectivity index (χ1) is 19.6. The number of hydrogen-bond acceptors (Lipinski definition) is 4. The summed E-state index contributed by atoms with van der Waals surface area (Å²) in [6, 6.07) is 20.1. The minimum Gasteiger partial charge on any atom is -0.352 e. The van der Waals surface area contributed by atoms with Gasteiger partial charge in [0.2, 0.25) is 11.8 Å². The van der Waals surface area contributed by atoms with E-state index in [2.05, 4.69) is 5.32 Å². The van der Waals surface area contributed by atoms with Crippen molar-refractivity contribution in [3.8, 4) is 0 Å². The van der Waals surface area contributed by atoms with E-state index in [0.29, 0.717) is 22.7 Å². The van der Waals surface area contributed by atoms with Crippen molar-refractivity contribution >= 4 is 39.1 Å². The summed E-state index contributed by atoms with van der Waals surface area (Å²) in [5, 5.41) is 3.59. The Bertz CT molecular complexity index is 1470. The highest BCUT2D eigenvalue weighted by Crippen LogP contribution is 2.27. The van der Waals surface area contributed by atoms with Crippen LogP contribution < -0.4 is 9.62 Å². The van der Waals surface area contributed by atoms with Crippen molar-refractivity contribution in [2.45, 2.75) is 76.4 Å². The van der Waals surface area contributed by atoms with Crippen LogP contribution in [0.25, 0.3) is 0 Å². The van der Waals surface area contributed by atoms with Gasteiger partial charge in [0.15, 0.2) is 0 Å². The molecule has 3 aromatic rings. The highest BCUT2D eigenvalue weighted by atomic mass is 35.5. The molecule has 4 rings (SSSR count). The molecule has 1 atom stereocenters. The highest BCUT2D eigenvalue weighted by molar-refractivity contribution is 7.92. The van der Waals surface area contributed by atoms with Crippen LogP contribution in [0.1, 0.15) is 55.7 Å². The Morgan fingerprint density at radius 3 is 2.27 bits per heavy atom. The number of benzene rings is 3. The molecule has 0 unspecified atom stereocenters. The molecule has 0 bridgehead atoms. The Morgan fingerprint density at radius 1 is 0.951 bits per heavy atom. The molecule has 0 aromatic heterocycles. The average Bonchev–Trinajstić information content (AvgIpc) is 3.45. The Labute approximate surface area is 248 Å². The Balaban J connectivity index is 1.72. The molecule has 1 saturated carbocycles. The largest absolute Gasteiger partial charge is 0.352 e. The van der Waals surface area contributed by atoms with Gasteiger partial charge in [0, 0.05) is 17.6 Å². The maximum Gasteiger partial charge on any atom is 0.264 e. The van der Waals surface area contributed by atoms with Crippen LogP contribution in [0.3, 0.4) is 0 Å². The molecule has 0 saturated heterocycles. The number of aryl methyl sites for hydroxylation is 2. The first kappa shape index (κ1) is 30.6. The summed E-state index contributed by atoms with van der Waals surface area (Å²) in [6.07, 6.45) is 4.32. The van der Waals surface area contributed by atoms with Crippen LogP contribution in [0.15, 0.2) is 77.7 Å². The zero-order chi connectivity index (χ0) is 29.6. The van der Waals surface area contributed by atoms with E-state index in [1.165, 1.54) is 4.90 Å². The standard InChI is InChI=1S/C32H38ClN3O4S/c1-4-30(32(38)34-26-12-6-7-13-26)35(21-25-11-5-8-15-29(25)33)31(37)22-36(27-14-9-10-24(3)20-27)41(39,40)28-18-16-23(2)17-19-28/h5,8-11,14-20,26,30H,4,6-7,12-13,21-22H2,1-3H3,(H,34,38)/t30-/m1/s1. The number of rotatable bonds is 11. The predicted molar refractivity (Wildman–Crippen MR) is 163 cm³/mol. The molecule has 9 heteroatoms. The fourth-order valence-corrected chi connectivity index (χ4v) is 6.85. The van der Waals surface area contributed by atoms with Crippen LogP contribution in [0, 0.1) is 13.8 Å². The Kier molecular flexibility index (Phi) is 10.1. The second-order valence-corrected chi connectivity index (χ2v) is 13.0. The highest BCUT2D eigenvalue weighted by Gasteiger charge is 2.34. The number of sulfonamides is 1. The molecule has 41 heavy (non-hydrogen) atoms. The maximum absolute atomic E-state index is 14.2. The SMILES string of the molecule is CC[C@H](C(=O)NC1CCCC1)N(Cc1ccccc1Cl)C(=O)CN(c1cccc(C)c1)S(=O)(=O)c1ccc(C)cc1. The van der Waals surface area contributed by atoms with E-state index in [-0.39, 0.29) is 23.4 Å². The number of anilines is 1. The van der Waals surface area contributed by atoms with Crippen LogP contribution in [0.5, 0.6) is 0 Å². The first-order valence-corrected chi connectivity index (χ1v) is 15.9. The summed E-state index contributed by atoms with van der Waals surface area (Å²) >= 11 is 6.48. The molecule has 2 amide bonds. The van der Waals surface area contributed by atoms with Gasteiger partial charge in [0.25, 0.3) is 10.0 Å². The fourth-order valence-electron chi connectivity index (χ4n) is 5.25. The van der Waals surface area contributed by atoms with E-state index in [1.807, 2.05) is 39.0 Å². The van der Waals surface area contributed by atoms with Gasteiger partial charge >= 0.3 is 0 Å². The van der Waals surface area contributed by atoms with Crippen LogP contribution in [0.4, 0.5) is 5.69 Å². The van der Waals surface area contributed by atoms with Crippen molar-refractivity contribution in [1.29, 1.82) is 0 Å². The van der Waals surface area contributed by atoms with Crippen LogP contribution in [0.2, 0.25) is 5.02 Å². The summed E-state index contributed by atoms with van der Waals surface area (Å²) in [7, 11) is -4.11. The van der Waals surface area contributed by atoms with Gasteiger partial charge in [-0.05, 0) is 74.6 Å². The zero-order valence-corrected chi connectivity index (χ0v) is 25.4. The minimum absolute atomic E-state index is 0.0708. The van der Waals surface area contributed by atoms with Crippen molar-refractivity contribution in [3.63, 3.8) is 0 Å². The quantitative estimate of drug-likeness (QED) is 0.294. The van der Waals surface area contributed by atoms with Crippen molar-refractivity contribution in [3.05, 3.63) is 94.5 Å². The molecule has 7 nitrogen and oxygen atoms in total. The normalized spacial score (nSPS) is 14.4. The van der Waals surface area contributed by atoms with Crippen LogP contribution in [-0.4, -0.2) is 43.8 Å². The van der Waals surface area contributed by atoms with Gasteiger partial charge in [-0.25, -0.2) is 8.42 Å². The van der Waals surface area contributed by atoms with Crippen molar-refractivity contribution in [1.82, 2.24) is 10.2 Å². The molecule has 1 aliphatic carbocycles. The summed E-state index contributed by atoms with van der Waals surface area (Å²) in [6.45, 7) is 5.20. The molecular weight excluding hydrogens is 558 g/mol. The molecule has 0 heterocycles. The number of nitrogens with one attached hydrogen (secondary N) is 1. The van der Waals surface area contributed by atoms with Gasteiger partial charge in [-0.1, -0.05) is 79.4 Å². The Morgan fingerprint density at radius 2 is 1.63 bits per heavy atom. The number of carbonyl (C=O) groups is 2.